The molecule has 116 valence electrons. The lowest BCUT2D eigenvalue weighted by molar-refractivity contribution is -0.156. The maximum Gasteiger partial charge on any atom is 0.246 e. The topological polar surface area (TPSA) is 49.4 Å². The first-order valence-corrected chi connectivity index (χ1v) is 7.84. The van der Waals surface area contributed by atoms with E-state index in [0.717, 1.165) is 6.42 Å². The highest BCUT2D eigenvalue weighted by atomic mass is 16.2. The number of rotatable bonds is 5. The summed E-state index contributed by atoms with van der Waals surface area (Å²) < 4.78 is 0. The number of carbonyl (C=O) groups is 2. The summed E-state index contributed by atoms with van der Waals surface area (Å²) in [4.78, 5) is 27.1. The fourth-order valence-electron chi connectivity index (χ4n) is 2.87. The van der Waals surface area contributed by atoms with E-state index >= 15 is 0 Å². The maximum atomic E-state index is 12.8. The average Bonchev–Trinajstić information content (AvgIpc) is 2.37. The fourth-order valence-corrected chi connectivity index (χ4v) is 2.87. The molecule has 0 aliphatic carbocycles. The van der Waals surface area contributed by atoms with Gasteiger partial charge in [0.15, 0.2) is 0 Å². The minimum atomic E-state index is -0.385. The van der Waals surface area contributed by atoms with Gasteiger partial charge < -0.3 is 10.2 Å². The van der Waals surface area contributed by atoms with E-state index in [0.29, 0.717) is 5.92 Å². The number of hydrogen-bond acceptors (Lipinski definition) is 2. The van der Waals surface area contributed by atoms with Crippen LogP contribution in [0.1, 0.15) is 54.9 Å². The number of amides is 2. The second kappa shape index (κ2) is 6.59. The van der Waals surface area contributed by atoms with E-state index in [1.165, 1.54) is 0 Å². The molecule has 20 heavy (non-hydrogen) atoms. The largest absolute Gasteiger partial charge is 0.342 e. The minimum absolute atomic E-state index is 0.00606. The molecule has 1 N–H and O–H groups in total. The molecule has 1 aliphatic rings. The summed E-state index contributed by atoms with van der Waals surface area (Å²) in [7, 11) is 0. The highest BCUT2D eigenvalue weighted by Crippen LogP contribution is 2.26. The van der Waals surface area contributed by atoms with Crippen molar-refractivity contribution in [1.29, 1.82) is 0 Å². The Labute approximate surface area is 123 Å². The van der Waals surface area contributed by atoms with Gasteiger partial charge in [-0.25, -0.2) is 0 Å². The van der Waals surface area contributed by atoms with Gasteiger partial charge in [-0.15, -0.1) is 0 Å². The highest BCUT2D eigenvalue weighted by molar-refractivity contribution is 5.97. The van der Waals surface area contributed by atoms with Gasteiger partial charge in [0.2, 0.25) is 11.8 Å². The van der Waals surface area contributed by atoms with Gasteiger partial charge in [-0.1, -0.05) is 48.0 Å². The van der Waals surface area contributed by atoms with Gasteiger partial charge in [-0.2, -0.15) is 0 Å². The predicted molar refractivity (Wildman–Crippen MR) is 81.2 cm³/mol. The molecule has 1 saturated heterocycles. The molecule has 0 aromatic carbocycles. The van der Waals surface area contributed by atoms with Gasteiger partial charge in [-0.3, -0.25) is 9.59 Å². The van der Waals surface area contributed by atoms with E-state index in [-0.39, 0.29) is 41.8 Å². The van der Waals surface area contributed by atoms with E-state index in [2.05, 4.69) is 26.1 Å². The third-order valence-corrected chi connectivity index (χ3v) is 4.59. The zero-order valence-electron chi connectivity index (χ0n) is 13.9. The van der Waals surface area contributed by atoms with Crippen LogP contribution in [0.3, 0.4) is 0 Å². The summed E-state index contributed by atoms with van der Waals surface area (Å²) in [5.74, 6) is 0.697. The number of carbonyl (C=O) groups excluding carboxylic acids is 2. The molecule has 1 rings (SSSR count). The Hall–Kier alpha value is -1.06. The molecule has 1 aliphatic heterocycles. The van der Waals surface area contributed by atoms with Crippen molar-refractivity contribution < 1.29 is 9.59 Å². The molecule has 0 bridgehead atoms. The Kier molecular flexibility index (Phi) is 5.60. The van der Waals surface area contributed by atoms with Crippen molar-refractivity contribution in [3.05, 3.63) is 0 Å². The van der Waals surface area contributed by atoms with Crippen LogP contribution in [0.25, 0.3) is 0 Å². The Balaban J connectivity index is 3.14. The third-order valence-electron chi connectivity index (χ3n) is 4.59. The van der Waals surface area contributed by atoms with Crippen molar-refractivity contribution in [2.45, 2.75) is 73.0 Å². The molecule has 4 unspecified atom stereocenters. The van der Waals surface area contributed by atoms with Crippen molar-refractivity contribution in [1.82, 2.24) is 10.2 Å². The molecule has 0 aromatic rings. The molecule has 1 heterocycles. The SMILES string of the molecule is CCC(C)C(C)N1C(=O)C(C(C)C)NC(=O)C1C(C)C. The second-order valence-electron chi connectivity index (χ2n) is 6.79. The standard InChI is InChI=1S/C16H30N2O2/c1-8-11(6)12(7)18-14(10(4)5)15(19)17-13(9(2)3)16(18)20/h9-14H,8H2,1-7H3,(H,17,19). The summed E-state index contributed by atoms with van der Waals surface area (Å²) in [5, 5.41) is 2.91. The van der Waals surface area contributed by atoms with Crippen molar-refractivity contribution in [2.75, 3.05) is 0 Å². The van der Waals surface area contributed by atoms with Crippen LogP contribution in [0.4, 0.5) is 0 Å². The molecule has 0 spiro atoms. The quantitative estimate of drug-likeness (QED) is 0.842. The van der Waals surface area contributed by atoms with Gasteiger partial charge in [-0.05, 0) is 24.7 Å². The first kappa shape index (κ1) is 17.0. The van der Waals surface area contributed by atoms with Crippen LogP contribution in [0, 0.1) is 17.8 Å². The normalized spacial score (nSPS) is 26.9. The monoisotopic (exact) mass is 282 g/mol. The molecule has 4 heteroatoms. The predicted octanol–water partition coefficient (Wildman–Crippen LogP) is 2.43. The van der Waals surface area contributed by atoms with Crippen LogP contribution in [-0.2, 0) is 9.59 Å². The molecule has 0 aromatic heterocycles. The van der Waals surface area contributed by atoms with Crippen LogP contribution < -0.4 is 5.32 Å². The van der Waals surface area contributed by atoms with Crippen LogP contribution >= 0.6 is 0 Å². The summed E-state index contributed by atoms with van der Waals surface area (Å²) in [6.45, 7) is 14.3. The molecular formula is C16H30N2O2. The van der Waals surface area contributed by atoms with Gasteiger partial charge >= 0.3 is 0 Å². The van der Waals surface area contributed by atoms with Gasteiger partial charge in [0.25, 0.3) is 0 Å². The first-order valence-electron chi connectivity index (χ1n) is 7.84. The number of piperazine rings is 1. The summed E-state index contributed by atoms with van der Waals surface area (Å²) in [6.07, 6.45) is 1.00. The van der Waals surface area contributed by atoms with Crippen molar-refractivity contribution in [3.8, 4) is 0 Å². The first-order chi connectivity index (χ1) is 9.22. The molecule has 2 amide bonds. The van der Waals surface area contributed by atoms with Gasteiger partial charge in [0, 0.05) is 6.04 Å². The second-order valence-corrected chi connectivity index (χ2v) is 6.79. The lowest BCUT2D eigenvalue weighted by Crippen LogP contribution is -2.68. The summed E-state index contributed by atoms with van der Waals surface area (Å²) >= 11 is 0. The Morgan fingerprint density at radius 1 is 1.05 bits per heavy atom. The van der Waals surface area contributed by atoms with E-state index in [4.69, 9.17) is 0 Å². The summed E-state index contributed by atoms with van der Waals surface area (Å²) in [5.41, 5.74) is 0. The smallest absolute Gasteiger partial charge is 0.246 e. The zero-order chi connectivity index (χ0) is 15.6. The highest BCUT2D eigenvalue weighted by Gasteiger charge is 2.45. The molecular weight excluding hydrogens is 252 g/mol. The zero-order valence-corrected chi connectivity index (χ0v) is 13.9. The molecule has 4 atom stereocenters. The Morgan fingerprint density at radius 2 is 1.60 bits per heavy atom. The molecule has 0 radical (unpaired) electrons. The van der Waals surface area contributed by atoms with Crippen LogP contribution in [0.15, 0.2) is 0 Å². The number of hydrogen-bond donors (Lipinski definition) is 1. The fraction of sp³-hybridized carbons (Fsp3) is 0.875. The Morgan fingerprint density at radius 3 is 2.00 bits per heavy atom. The lowest BCUT2D eigenvalue weighted by Gasteiger charge is -2.46. The number of nitrogens with one attached hydrogen (secondary N) is 1. The van der Waals surface area contributed by atoms with E-state index in [9.17, 15) is 9.59 Å². The van der Waals surface area contributed by atoms with E-state index in [1.54, 1.807) is 0 Å². The Bertz CT molecular complexity index is 365. The van der Waals surface area contributed by atoms with Crippen LogP contribution in [0.5, 0.6) is 0 Å². The third kappa shape index (κ3) is 3.15. The van der Waals surface area contributed by atoms with Crippen molar-refractivity contribution >= 4 is 11.8 Å². The van der Waals surface area contributed by atoms with Crippen molar-refractivity contribution in [2.24, 2.45) is 17.8 Å². The lowest BCUT2D eigenvalue weighted by atomic mass is 9.88. The van der Waals surface area contributed by atoms with Crippen molar-refractivity contribution in [3.63, 3.8) is 0 Å². The molecule has 0 saturated carbocycles. The van der Waals surface area contributed by atoms with Gasteiger partial charge in [0.1, 0.15) is 12.1 Å². The van der Waals surface area contributed by atoms with E-state index < -0.39 is 0 Å². The molecule has 4 nitrogen and oxygen atoms in total. The van der Waals surface area contributed by atoms with Gasteiger partial charge in [0.05, 0.1) is 0 Å². The van der Waals surface area contributed by atoms with E-state index in [1.807, 2.05) is 32.6 Å². The summed E-state index contributed by atoms with van der Waals surface area (Å²) in [6, 6.07) is -0.641. The average molecular weight is 282 g/mol. The van der Waals surface area contributed by atoms with Crippen LogP contribution in [-0.4, -0.2) is 34.8 Å². The number of nitrogens with zero attached hydrogens (tertiary/aromatic N) is 1. The minimum Gasteiger partial charge on any atom is -0.342 e. The maximum absolute atomic E-state index is 12.8. The molecule has 1 fully saturated rings. The van der Waals surface area contributed by atoms with Crippen LogP contribution in [0.2, 0.25) is 0 Å².